The molecule has 0 unspecified atom stereocenters. The quantitative estimate of drug-likeness (QED) is 0.381. The monoisotopic (exact) mass is 524 g/mol. The third-order valence-corrected chi connectivity index (χ3v) is 17.9. The van der Waals surface area contributed by atoms with Crippen molar-refractivity contribution in [2.45, 2.75) is 109 Å². The van der Waals surface area contributed by atoms with Gasteiger partial charge in [0.2, 0.25) is 0 Å². The first-order valence-electron chi connectivity index (χ1n) is 13.0. The topological polar surface area (TPSA) is 91.8 Å². The van der Waals surface area contributed by atoms with Gasteiger partial charge in [-0.15, -0.1) is 6.58 Å². The molecule has 0 saturated carbocycles. The predicted molar refractivity (Wildman–Crippen MR) is 142 cm³/mol. The molecule has 10 heteroatoms. The summed E-state index contributed by atoms with van der Waals surface area (Å²) in [5.74, 6) is -0.120. The Labute approximate surface area is 211 Å². The minimum absolute atomic E-state index is 0.120. The molecule has 1 aromatic heterocycles. The highest BCUT2D eigenvalue weighted by Gasteiger charge is 2.61. The first kappa shape index (κ1) is 28.3. The Kier molecular flexibility index (Phi) is 8.87. The van der Waals surface area contributed by atoms with Gasteiger partial charge in [-0.05, 0) is 35.0 Å². The van der Waals surface area contributed by atoms with Crippen molar-refractivity contribution >= 4 is 17.1 Å². The third kappa shape index (κ3) is 5.24. The standard InChI is InChI=1S/C25H44N2O6Si2/c1-10-11-12-20-23-21(31-24(20)27-14-13-22(28)26-25(27)29)15-30-34(16(2)3,17(4)5)33-35(32-23,18(6)7)19(8)9/h10,13-14,16-21,23-24H,1,11-12,15H2,2-9H3,(H,26,28,29)/t20-,21-,23+,24-/m1/s1. The number of hydrogen-bond donors (Lipinski definition) is 1. The van der Waals surface area contributed by atoms with Gasteiger partial charge in [0, 0.05) is 18.2 Å². The van der Waals surface area contributed by atoms with E-state index in [1.807, 2.05) is 6.08 Å². The zero-order valence-corrected chi connectivity index (χ0v) is 24.6. The first-order chi connectivity index (χ1) is 16.4. The number of hydrogen-bond acceptors (Lipinski definition) is 6. The second kappa shape index (κ2) is 11.0. The van der Waals surface area contributed by atoms with Crippen LogP contribution < -0.4 is 11.2 Å². The highest BCUT2D eigenvalue weighted by Crippen LogP contribution is 2.50. The Balaban J connectivity index is 2.14. The van der Waals surface area contributed by atoms with Crippen LogP contribution >= 0.6 is 0 Å². The second-order valence-electron chi connectivity index (χ2n) is 11.2. The Morgan fingerprint density at radius 2 is 1.66 bits per heavy atom. The van der Waals surface area contributed by atoms with Crippen LogP contribution in [0.1, 0.15) is 74.5 Å². The van der Waals surface area contributed by atoms with Crippen molar-refractivity contribution in [2.75, 3.05) is 6.61 Å². The molecular formula is C25H44N2O6Si2. The Hall–Kier alpha value is -1.31. The number of aromatic amines is 1. The third-order valence-electron chi connectivity index (χ3n) is 7.63. The van der Waals surface area contributed by atoms with Crippen molar-refractivity contribution < 1.29 is 17.7 Å². The van der Waals surface area contributed by atoms with Gasteiger partial charge in [-0.3, -0.25) is 14.3 Å². The van der Waals surface area contributed by atoms with E-state index in [-0.39, 0.29) is 40.3 Å². The zero-order valence-electron chi connectivity index (χ0n) is 22.6. The van der Waals surface area contributed by atoms with Crippen LogP contribution in [0, 0.1) is 5.92 Å². The summed E-state index contributed by atoms with van der Waals surface area (Å²) >= 11 is 0. The molecule has 3 heterocycles. The zero-order chi connectivity index (χ0) is 26.1. The van der Waals surface area contributed by atoms with Crippen LogP contribution in [0.3, 0.4) is 0 Å². The van der Waals surface area contributed by atoms with Gasteiger partial charge in [-0.25, -0.2) is 4.79 Å². The first-order valence-corrected chi connectivity index (χ1v) is 16.9. The molecule has 35 heavy (non-hydrogen) atoms. The molecule has 3 rings (SSSR count). The lowest BCUT2D eigenvalue weighted by Crippen LogP contribution is -2.65. The van der Waals surface area contributed by atoms with Gasteiger partial charge in [0.25, 0.3) is 5.56 Å². The van der Waals surface area contributed by atoms with Gasteiger partial charge in [0.1, 0.15) is 12.3 Å². The van der Waals surface area contributed by atoms with Crippen molar-refractivity contribution in [3.05, 3.63) is 45.8 Å². The van der Waals surface area contributed by atoms with Crippen LogP contribution in [0.2, 0.25) is 22.2 Å². The van der Waals surface area contributed by atoms with Gasteiger partial charge in [0.15, 0.2) is 0 Å². The van der Waals surface area contributed by atoms with Crippen LogP contribution in [0.15, 0.2) is 34.5 Å². The SMILES string of the molecule is C=CCC[C@@H]1[C@@H]2O[Si](C(C)C)(C(C)C)O[Si](C(C)C)(C(C)C)OC[C@H]2O[C@H]1n1ccc(=O)[nH]c1=O. The summed E-state index contributed by atoms with van der Waals surface area (Å²) in [5, 5.41) is 0. The maximum absolute atomic E-state index is 12.7. The molecule has 4 atom stereocenters. The van der Waals surface area contributed by atoms with E-state index in [4.69, 9.17) is 17.7 Å². The Morgan fingerprint density at radius 1 is 1.06 bits per heavy atom. The molecule has 2 aliphatic rings. The number of nitrogens with zero attached hydrogens (tertiary/aromatic N) is 1. The summed E-state index contributed by atoms with van der Waals surface area (Å²) in [7, 11) is -5.50. The molecular weight excluding hydrogens is 480 g/mol. The number of ether oxygens (including phenoxy) is 1. The molecule has 2 saturated heterocycles. The normalized spacial score (nSPS) is 28.3. The fourth-order valence-corrected chi connectivity index (χ4v) is 17.0. The number of rotatable bonds is 8. The number of aromatic nitrogens is 2. The number of fused-ring (bicyclic) bond motifs is 1. The predicted octanol–water partition coefficient (Wildman–Crippen LogP) is 4.97. The Morgan fingerprint density at radius 3 is 2.17 bits per heavy atom. The molecule has 198 valence electrons. The number of H-pyrrole nitrogens is 1. The van der Waals surface area contributed by atoms with E-state index in [2.05, 4.69) is 67.0 Å². The molecule has 2 aliphatic heterocycles. The van der Waals surface area contributed by atoms with E-state index in [1.165, 1.54) is 16.8 Å². The lowest BCUT2D eigenvalue weighted by atomic mass is 9.94. The van der Waals surface area contributed by atoms with Crippen molar-refractivity contribution in [3.8, 4) is 0 Å². The molecule has 0 spiro atoms. The number of allylic oxidation sites excluding steroid dienone is 1. The molecule has 2 fully saturated rings. The lowest BCUT2D eigenvalue weighted by Gasteiger charge is -2.51. The summed E-state index contributed by atoms with van der Waals surface area (Å²) < 4.78 is 29.4. The highest BCUT2D eigenvalue weighted by molar-refractivity contribution is 6.83. The van der Waals surface area contributed by atoms with E-state index in [0.29, 0.717) is 6.61 Å². The lowest BCUT2D eigenvalue weighted by molar-refractivity contribution is -0.0574. The number of nitrogens with one attached hydrogen (secondary N) is 1. The fraction of sp³-hybridized carbons (Fsp3) is 0.760. The average molecular weight is 525 g/mol. The summed E-state index contributed by atoms with van der Waals surface area (Å²) in [5.41, 5.74) is -0.0399. The fourth-order valence-electron chi connectivity index (χ4n) is 5.75. The van der Waals surface area contributed by atoms with Crippen LogP contribution in [-0.2, 0) is 17.7 Å². The maximum Gasteiger partial charge on any atom is 0.335 e. The molecule has 8 nitrogen and oxygen atoms in total. The summed E-state index contributed by atoms with van der Waals surface area (Å²) in [6, 6.07) is 1.35. The molecule has 1 aromatic rings. The van der Waals surface area contributed by atoms with Crippen LogP contribution in [0.25, 0.3) is 0 Å². The van der Waals surface area contributed by atoms with Gasteiger partial charge in [-0.1, -0.05) is 61.5 Å². The minimum Gasteiger partial charge on any atom is -0.414 e. The van der Waals surface area contributed by atoms with Crippen LogP contribution in [0.5, 0.6) is 0 Å². The molecule has 0 aromatic carbocycles. The van der Waals surface area contributed by atoms with E-state index < -0.39 is 34.6 Å². The summed E-state index contributed by atoms with van der Waals surface area (Å²) in [6.07, 6.45) is 3.68. The molecule has 1 N–H and O–H groups in total. The van der Waals surface area contributed by atoms with Crippen LogP contribution in [0.4, 0.5) is 0 Å². The average Bonchev–Trinajstić information content (AvgIpc) is 3.07. The largest absolute Gasteiger partial charge is 0.414 e. The van der Waals surface area contributed by atoms with Gasteiger partial charge < -0.3 is 17.7 Å². The van der Waals surface area contributed by atoms with E-state index in [0.717, 1.165) is 12.8 Å². The maximum atomic E-state index is 12.7. The van der Waals surface area contributed by atoms with Crippen molar-refractivity contribution in [1.29, 1.82) is 0 Å². The summed E-state index contributed by atoms with van der Waals surface area (Å²) in [4.78, 5) is 26.8. The van der Waals surface area contributed by atoms with Crippen molar-refractivity contribution in [3.63, 3.8) is 0 Å². The molecule has 0 bridgehead atoms. The van der Waals surface area contributed by atoms with Gasteiger partial charge >= 0.3 is 22.8 Å². The van der Waals surface area contributed by atoms with E-state index >= 15 is 0 Å². The minimum atomic E-state index is -2.82. The highest BCUT2D eigenvalue weighted by atomic mass is 28.5. The second-order valence-corrected chi connectivity index (χ2v) is 20.0. The van der Waals surface area contributed by atoms with Crippen molar-refractivity contribution in [1.82, 2.24) is 9.55 Å². The van der Waals surface area contributed by atoms with E-state index in [1.54, 1.807) is 0 Å². The van der Waals surface area contributed by atoms with Gasteiger partial charge in [-0.2, -0.15) is 0 Å². The molecule has 0 aliphatic carbocycles. The van der Waals surface area contributed by atoms with Gasteiger partial charge in [0.05, 0.1) is 12.7 Å². The molecule has 0 radical (unpaired) electrons. The Bertz CT molecular complexity index is 973. The summed E-state index contributed by atoms with van der Waals surface area (Å²) in [6.45, 7) is 21.8. The smallest absolute Gasteiger partial charge is 0.335 e. The van der Waals surface area contributed by atoms with Crippen LogP contribution in [-0.4, -0.2) is 45.5 Å². The van der Waals surface area contributed by atoms with E-state index in [9.17, 15) is 9.59 Å². The van der Waals surface area contributed by atoms with Crippen molar-refractivity contribution in [2.24, 2.45) is 5.92 Å². The molecule has 0 amide bonds.